The summed E-state index contributed by atoms with van der Waals surface area (Å²) in [7, 11) is 1.46. The van der Waals surface area contributed by atoms with Crippen molar-refractivity contribution in [2.24, 2.45) is 0 Å². The third-order valence-electron chi connectivity index (χ3n) is 4.53. The summed E-state index contributed by atoms with van der Waals surface area (Å²) in [6.07, 6.45) is 2.12. The molecule has 1 heterocycles. The first-order valence-corrected chi connectivity index (χ1v) is 10.7. The van der Waals surface area contributed by atoms with Crippen LogP contribution in [0.4, 0.5) is 17.1 Å². The van der Waals surface area contributed by atoms with Gasteiger partial charge in [0.2, 0.25) is 5.91 Å². The third kappa shape index (κ3) is 4.95. The number of carbonyl (C=O) groups excluding carboxylic acids is 2. The van der Waals surface area contributed by atoms with E-state index in [0.29, 0.717) is 33.6 Å². The first kappa shape index (κ1) is 22.5. The molecule has 2 aromatic carbocycles. The molecule has 162 valence electrons. The van der Waals surface area contributed by atoms with Gasteiger partial charge in [0.15, 0.2) is 0 Å². The molecule has 0 aliphatic carbocycles. The van der Waals surface area contributed by atoms with E-state index in [1.165, 1.54) is 19.2 Å². The van der Waals surface area contributed by atoms with Crippen molar-refractivity contribution in [1.82, 2.24) is 0 Å². The Morgan fingerprint density at radius 1 is 1.23 bits per heavy atom. The zero-order chi connectivity index (χ0) is 22.5. The fourth-order valence-electron chi connectivity index (χ4n) is 2.97. The van der Waals surface area contributed by atoms with Crippen LogP contribution in [-0.2, 0) is 4.79 Å². The first-order chi connectivity index (χ1) is 14.8. The Kier molecular flexibility index (Phi) is 7.09. The lowest BCUT2D eigenvalue weighted by Crippen LogP contribution is -2.13. The fourth-order valence-corrected chi connectivity index (χ4v) is 4.46. The lowest BCUT2D eigenvalue weighted by molar-refractivity contribution is -0.382. The van der Waals surface area contributed by atoms with Crippen LogP contribution in [0.25, 0.3) is 10.1 Å². The molecule has 0 bridgehead atoms. The number of nitrogens with one attached hydrogen (secondary N) is 2. The molecule has 0 saturated carbocycles. The van der Waals surface area contributed by atoms with Crippen LogP contribution in [-0.4, -0.2) is 23.8 Å². The van der Waals surface area contributed by atoms with E-state index in [4.69, 9.17) is 16.3 Å². The summed E-state index contributed by atoms with van der Waals surface area (Å²) in [4.78, 5) is 35.7. The average Bonchev–Trinajstić information content (AvgIpc) is 3.10. The number of rotatable bonds is 8. The van der Waals surface area contributed by atoms with Gasteiger partial charge in [-0.15, -0.1) is 11.3 Å². The predicted molar refractivity (Wildman–Crippen MR) is 123 cm³/mol. The first-order valence-electron chi connectivity index (χ1n) is 9.50. The van der Waals surface area contributed by atoms with Gasteiger partial charge in [0.25, 0.3) is 11.6 Å². The Hall–Kier alpha value is -3.17. The van der Waals surface area contributed by atoms with Crippen molar-refractivity contribution in [3.8, 4) is 5.75 Å². The van der Waals surface area contributed by atoms with E-state index < -0.39 is 10.8 Å². The number of methoxy groups -OCH3 is 1. The van der Waals surface area contributed by atoms with E-state index in [0.717, 1.165) is 24.2 Å². The maximum atomic E-state index is 12.8. The second-order valence-corrected chi connectivity index (χ2v) is 8.08. The zero-order valence-electron chi connectivity index (χ0n) is 16.9. The molecule has 3 rings (SSSR count). The van der Waals surface area contributed by atoms with E-state index in [1.54, 1.807) is 24.3 Å². The smallest absolute Gasteiger partial charge is 0.287 e. The molecule has 0 saturated heterocycles. The predicted octanol–water partition coefficient (Wildman–Crippen LogP) is 5.85. The molecule has 0 radical (unpaired) electrons. The highest BCUT2D eigenvalue weighted by Crippen LogP contribution is 2.40. The van der Waals surface area contributed by atoms with Crippen molar-refractivity contribution in [2.75, 3.05) is 17.7 Å². The van der Waals surface area contributed by atoms with Crippen LogP contribution in [0.5, 0.6) is 5.75 Å². The number of benzene rings is 2. The number of ether oxygens (including phenoxy) is 1. The molecule has 1 aromatic heterocycles. The highest BCUT2D eigenvalue weighted by atomic mass is 35.5. The van der Waals surface area contributed by atoms with Gasteiger partial charge in [-0.2, -0.15) is 0 Å². The molecule has 0 atom stereocenters. The zero-order valence-corrected chi connectivity index (χ0v) is 18.4. The normalized spacial score (nSPS) is 10.7. The number of anilines is 2. The minimum atomic E-state index is -0.505. The van der Waals surface area contributed by atoms with E-state index in [2.05, 4.69) is 10.6 Å². The van der Waals surface area contributed by atoms with Crippen LogP contribution in [0, 0.1) is 10.1 Å². The molecule has 2 amide bonds. The maximum Gasteiger partial charge on any atom is 0.287 e. The van der Waals surface area contributed by atoms with Gasteiger partial charge < -0.3 is 15.4 Å². The van der Waals surface area contributed by atoms with Gasteiger partial charge >= 0.3 is 0 Å². The van der Waals surface area contributed by atoms with Crippen LogP contribution in [0.1, 0.15) is 35.9 Å². The van der Waals surface area contributed by atoms with Gasteiger partial charge in [-0.3, -0.25) is 19.7 Å². The van der Waals surface area contributed by atoms with Crippen LogP contribution < -0.4 is 15.4 Å². The lowest BCUT2D eigenvalue weighted by atomic mass is 10.2. The molecule has 0 unspecified atom stereocenters. The van der Waals surface area contributed by atoms with E-state index >= 15 is 0 Å². The summed E-state index contributed by atoms with van der Waals surface area (Å²) in [5.74, 6) is -0.224. The van der Waals surface area contributed by atoms with Crippen molar-refractivity contribution in [1.29, 1.82) is 0 Å². The van der Waals surface area contributed by atoms with Gasteiger partial charge in [0.05, 0.1) is 22.7 Å². The van der Waals surface area contributed by atoms with Crippen LogP contribution in [0.2, 0.25) is 5.02 Å². The molecule has 31 heavy (non-hydrogen) atoms. The van der Waals surface area contributed by atoms with Crippen molar-refractivity contribution in [2.45, 2.75) is 26.2 Å². The summed E-state index contributed by atoms with van der Waals surface area (Å²) < 4.78 is 5.67. The quantitative estimate of drug-likeness (QED) is 0.322. The average molecular weight is 462 g/mol. The van der Waals surface area contributed by atoms with Gasteiger partial charge in [-0.1, -0.05) is 37.1 Å². The van der Waals surface area contributed by atoms with E-state index in [1.807, 2.05) is 6.92 Å². The maximum absolute atomic E-state index is 12.8. The van der Waals surface area contributed by atoms with Crippen molar-refractivity contribution >= 4 is 61.9 Å². The summed E-state index contributed by atoms with van der Waals surface area (Å²) in [6.45, 7) is 2.01. The fraction of sp³-hybridized carbons (Fsp3) is 0.238. The number of amides is 2. The topological polar surface area (TPSA) is 111 Å². The van der Waals surface area contributed by atoms with Crippen molar-refractivity contribution in [3.05, 3.63) is 56.4 Å². The number of fused-ring (bicyclic) bond motifs is 1. The Morgan fingerprint density at radius 2 is 2.00 bits per heavy atom. The van der Waals surface area contributed by atoms with Crippen molar-refractivity contribution < 1.29 is 19.2 Å². The minimum Gasteiger partial charge on any atom is -0.494 e. The highest BCUT2D eigenvalue weighted by molar-refractivity contribution is 7.22. The number of non-ortho nitro benzene ring substituents is 1. The Morgan fingerprint density at radius 3 is 2.68 bits per heavy atom. The molecule has 0 aliphatic rings. The largest absolute Gasteiger partial charge is 0.494 e. The standard InChI is InChI=1S/C21H20ClN3O5S/c1-3-4-8-17(26)24-14-10-9-12(11-16(14)30-2)23-21(27)20-18(22)13-6-5-7-15(25(28)29)19(13)31-20/h5-7,9-11H,3-4,8H2,1-2H3,(H,23,27)(H,24,26). The lowest BCUT2D eigenvalue weighted by Gasteiger charge is -2.12. The van der Waals surface area contributed by atoms with E-state index in [9.17, 15) is 19.7 Å². The molecule has 3 aromatic rings. The van der Waals surface area contributed by atoms with Crippen LogP contribution >= 0.6 is 22.9 Å². The molecule has 0 spiro atoms. The number of thiophene rings is 1. The number of unbranched alkanes of at least 4 members (excludes halogenated alkanes) is 1. The number of nitro benzene ring substituents is 1. The number of carbonyl (C=O) groups is 2. The Bertz CT molecular complexity index is 1160. The van der Waals surface area contributed by atoms with E-state index in [-0.39, 0.29) is 21.5 Å². The number of hydrogen-bond acceptors (Lipinski definition) is 6. The van der Waals surface area contributed by atoms with Crippen molar-refractivity contribution in [3.63, 3.8) is 0 Å². The van der Waals surface area contributed by atoms with Crippen LogP contribution in [0.3, 0.4) is 0 Å². The molecule has 0 aliphatic heterocycles. The second kappa shape index (κ2) is 9.76. The third-order valence-corrected chi connectivity index (χ3v) is 6.26. The SMILES string of the molecule is CCCCC(=O)Nc1ccc(NC(=O)c2sc3c([N+](=O)[O-])cccc3c2Cl)cc1OC. The summed E-state index contributed by atoms with van der Waals surface area (Å²) in [5, 5.41) is 17.4. The summed E-state index contributed by atoms with van der Waals surface area (Å²) in [6, 6.07) is 9.37. The number of hydrogen-bond donors (Lipinski definition) is 2. The molecule has 8 nitrogen and oxygen atoms in total. The molecule has 10 heteroatoms. The summed E-state index contributed by atoms with van der Waals surface area (Å²) >= 11 is 7.29. The molecule has 2 N–H and O–H groups in total. The van der Waals surface area contributed by atoms with Gasteiger partial charge in [-0.25, -0.2) is 0 Å². The molecular formula is C21H20ClN3O5S. The molecular weight excluding hydrogens is 442 g/mol. The number of nitrogens with zero attached hydrogens (tertiary/aromatic N) is 1. The van der Waals surface area contributed by atoms with Crippen LogP contribution in [0.15, 0.2) is 36.4 Å². The highest BCUT2D eigenvalue weighted by Gasteiger charge is 2.23. The minimum absolute atomic E-state index is 0.103. The molecule has 0 fully saturated rings. The van der Waals surface area contributed by atoms with Gasteiger partial charge in [0, 0.05) is 29.6 Å². The second-order valence-electron chi connectivity index (χ2n) is 6.68. The van der Waals surface area contributed by atoms with Gasteiger partial charge in [-0.05, 0) is 18.6 Å². The Labute approximate surface area is 187 Å². The summed E-state index contributed by atoms with van der Waals surface area (Å²) in [5.41, 5.74) is 0.821. The monoisotopic (exact) mass is 461 g/mol. The number of nitro groups is 1. The Balaban J connectivity index is 1.83. The van der Waals surface area contributed by atoms with Gasteiger partial charge in [0.1, 0.15) is 15.3 Å². The number of halogens is 1.